The van der Waals surface area contributed by atoms with Crippen molar-refractivity contribution in [2.45, 2.75) is 45.1 Å². The molecule has 0 unspecified atom stereocenters. The van der Waals surface area contributed by atoms with E-state index in [-0.39, 0.29) is 0 Å². The highest BCUT2D eigenvalue weighted by atomic mass is 15.3. The lowest BCUT2D eigenvalue weighted by atomic mass is 10.1. The van der Waals surface area contributed by atoms with Gasteiger partial charge < -0.3 is 4.90 Å². The van der Waals surface area contributed by atoms with E-state index in [0.717, 1.165) is 23.6 Å². The highest BCUT2D eigenvalue weighted by Gasteiger charge is 2.31. The first-order chi connectivity index (χ1) is 9.70. The lowest BCUT2D eigenvalue weighted by molar-refractivity contribution is 0.767. The Labute approximate surface area is 118 Å². The van der Waals surface area contributed by atoms with Gasteiger partial charge in [0.15, 0.2) is 5.82 Å². The van der Waals surface area contributed by atoms with E-state index in [9.17, 15) is 0 Å². The van der Waals surface area contributed by atoms with Gasteiger partial charge in [-0.25, -0.2) is 9.50 Å². The first-order valence-electron chi connectivity index (χ1n) is 7.18. The van der Waals surface area contributed by atoms with Crippen LogP contribution in [0.5, 0.6) is 0 Å². The van der Waals surface area contributed by atoms with Crippen molar-refractivity contribution in [2.75, 3.05) is 11.4 Å². The standard InChI is InChI=1S/C15H19N5/c1-11(2)13-10-14-15(17-7-9-20(14)18-13)19(8-3-6-16)12-4-5-12/h7,9-12H,3-5,8H2,1-2H3. The molecule has 0 N–H and O–H groups in total. The first kappa shape index (κ1) is 12.9. The van der Waals surface area contributed by atoms with Gasteiger partial charge >= 0.3 is 0 Å². The van der Waals surface area contributed by atoms with Crippen LogP contribution in [-0.2, 0) is 0 Å². The molecule has 0 bridgehead atoms. The summed E-state index contributed by atoms with van der Waals surface area (Å²) in [5.41, 5.74) is 2.12. The summed E-state index contributed by atoms with van der Waals surface area (Å²) in [5, 5.41) is 13.4. The number of nitrogens with zero attached hydrogens (tertiary/aromatic N) is 5. The van der Waals surface area contributed by atoms with Gasteiger partial charge in [-0.2, -0.15) is 10.4 Å². The third kappa shape index (κ3) is 2.34. The maximum Gasteiger partial charge on any atom is 0.154 e. The SMILES string of the molecule is CC(C)c1cc2c(N(CCC#N)C3CC3)nccn2n1. The molecule has 0 amide bonds. The molecule has 20 heavy (non-hydrogen) atoms. The Bertz CT molecular complexity index is 648. The van der Waals surface area contributed by atoms with Crippen LogP contribution < -0.4 is 4.90 Å². The summed E-state index contributed by atoms with van der Waals surface area (Å²) < 4.78 is 1.90. The van der Waals surface area contributed by atoms with Crippen LogP contribution in [0.2, 0.25) is 0 Å². The molecule has 1 fully saturated rings. The maximum absolute atomic E-state index is 8.84. The minimum atomic E-state index is 0.399. The molecule has 2 aromatic rings. The van der Waals surface area contributed by atoms with Crippen LogP contribution in [0.4, 0.5) is 5.82 Å². The lowest BCUT2D eigenvalue weighted by Gasteiger charge is -2.22. The molecule has 104 valence electrons. The van der Waals surface area contributed by atoms with Crippen LogP contribution >= 0.6 is 0 Å². The van der Waals surface area contributed by atoms with Crippen LogP contribution in [0.1, 0.15) is 44.7 Å². The summed E-state index contributed by atoms with van der Waals surface area (Å²) >= 11 is 0. The fourth-order valence-electron chi connectivity index (χ4n) is 2.45. The molecule has 2 aromatic heterocycles. The summed E-state index contributed by atoms with van der Waals surface area (Å²) in [6.45, 7) is 5.03. The van der Waals surface area contributed by atoms with Crippen molar-refractivity contribution in [3.05, 3.63) is 24.2 Å². The number of rotatable bonds is 5. The Balaban J connectivity index is 2.02. The molecule has 1 aliphatic rings. The minimum Gasteiger partial charge on any atom is -0.351 e. The summed E-state index contributed by atoms with van der Waals surface area (Å²) in [6, 6.07) is 4.89. The minimum absolute atomic E-state index is 0.399. The van der Waals surface area contributed by atoms with E-state index in [1.165, 1.54) is 12.8 Å². The smallest absolute Gasteiger partial charge is 0.154 e. The molecule has 0 saturated heterocycles. The van der Waals surface area contributed by atoms with Gasteiger partial charge in [-0.15, -0.1) is 0 Å². The Morgan fingerprint density at radius 1 is 1.50 bits per heavy atom. The third-order valence-electron chi connectivity index (χ3n) is 3.70. The fraction of sp³-hybridized carbons (Fsp3) is 0.533. The van der Waals surface area contributed by atoms with Gasteiger partial charge in [0.2, 0.25) is 0 Å². The molecule has 3 rings (SSSR count). The van der Waals surface area contributed by atoms with E-state index in [1.807, 2.05) is 10.7 Å². The van der Waals surface area contributed by atoms with Crippen LogP contribution in [-0.4, -0.2) is 27.2 Å². The maximum atomic E-state index is 8.84. The summed E-state index contributed by atoms with van der Waals surface area (Å²) in [5.74, 6) is 1.36. The molecule has 0 radical (unpaired) electrons. The van der Waals surface area contributed by atoms with Gasteiger partial charge in [0, 0.05) is 25.0 Å². The number of hydrogen-bond donors (Lipinski definition) is 0. The zero-order valence-corrected chi connectivity index (χ0v) is 12.0. The second-order valence-electron chi connectivity index (χ2n) is 5.64. The summed E-state index contributed by atoms with van der Waals surface area (Å²) in [7, 11) is 0. The van der Waals surface area contributed by atoms with Crippen molar-refractivity contribution in [2.24, 2.45) is 0 Å². The first-order valence-corrected chi connectivity index (χ1v) is 7.18. The van der Waals surface area contributed by atoms with Crippen LogP contribution in [0.3, 0.4) is 0 Å². The fourth-order valence-corrected chi connectivity index (χ4v) is 2.45. The quantitative estimate of drug-likeness (QED) is 0.837. The number of anilines is 1. The molecule has 1 aliphatic carbocycles. The monoisotopic (exact) mass is 269 g/mol. The number of nitriles is 1. The third-order valence-corrected chi connectivity index (χ3v) is 3.70. The van der Waals surface area contributed by atoms with Crippen LogP contribution in [0.15, 0.2) is 18.5 Å². The number of aromatic nitrogens is 3. The van der Waals surface area contributed by atoms with Gasteiger partial charge in [0.25, 0.3) is 0 Å². The molecular weight excluding hydrogens is 250 g/mol. The zero-order chi connectivity index (χ0) is 14.1. The Morgan fingerprint density at radius 3 is 2.95 bits per heavy atom. The molecule has 0 aromatic carbocycles. The van der Waals surface area contributed by atoms with E-state index in [4.69, 9.17) is 5.26 Å². The Kier molecular flexibility index (Phi) is 3.31. The van der Waals surface area contributed by atoms with Gasteiger partial charge in [-0.3, -0.25) is 0 Å². The van der Waals surface area contributed by atoms with Crippen molar-refractivity contribution in [3.63, 3.8) is 0 Å². The van der Waals surface area contributed by atoms with Crippen molar-refractivity contribution in [1.82, 2.24) is 14.6 Å². The summed E-state index contributed by atoms with van der Waals surface area (Å²) in [6.07, 6.45) is 6.60. The molecule has 0 aliphatic heterocycles. The summed E-state index contributed by atoms with van der Waals surface area (Å²) in [4.78, 5) is 6.82. The van der Waals surface area contributed by atoms with E-state index >= 15 is 0 Å². The number of hydrogen-bond acceptors (Lipinski definition) is 4. The molecule has 1 saturated carbocycles. The van der Waals surface area contributed by atoms with Gasteiger partial charge in [0.05, 0.1) is 18.2 Å². The van der Waals surface area contributed by atoms with Crippen molar-refractivity contribution in [1.29, 1.82) is 5.26 Å². The van der Waals surface area contributed by atoms with E-state index in [1.54, 1.807) is 6.20 Å². The highest BCUT2D eigenvalue weighted by molar-refractivity contribution is 5.70. The molecule has 2 heterocycles. The largest absolute Gasteiger partial charge is 0.351 e. The molecule has 0 spiro atoms. The normalized spacial score (nSPS) is 14.7. The van der Waals surface area contributed by atoms with Gasteiger partial charge in [0.1, 0.15) is 5.52 Å². The van der Waals surface area contributed by atoms with E-state index in [2.05, 4.69) is 41.0 Å². The van der Waals surface area contributed by atoms with Crippen LogP contribution in [0.25, 0.3) is 5.52 Å². The molecule has 5 nitrogen and oxygen atoms in total. The second kappa shape index (κ2) is 5.12. The lowest BCUT2D eigenvalue weighted by Crippen LogP contribution is -2.28. The molecule has 0 atom stereocenters. The van der Waals surface area contributed by atoms with Crippen molar-refractivity contribution >= 4 is 11.3 Å². The zero-order valence-electron chi connectivity index (χ0n) is 12.0. The van der Waals surface area contributed by atoms with Gasteiger partial charge in [-0.05, 0) is 24.8 Å². The molecular formula is C15H19N5. The topological polar surface area (TPSA) is 57.2 Å². The molecule has 5 heteroatoms. The van der Waals surface area contributed by atoms with E-state index in [0.29, 0.717) is 18.4 Å². The van der Waals surface area contributed by atoms with Crippen molar-refractivity contribution in [3.8, 4) is 6.07 Å². The average molecular weight is 269 g/mol. The predicted molar refractivity (Wildman–Crippen MR) is 77.7 cm³/mol. The van der Waals surface area contributed by atoms with Crippen molar-refractivity contribution < 1.29 is 0 Å². The Morgan fingerprint density at radius 2 is 2.30 bits per heavy atom. The van der Waals surface area contributed by atoms with E-state index < -0.39 is 0 Å². The average Bonchev–Trinajstić information content (AvgIpc) is 3.17. The second-order valence-corrected chi connectivity index (χ2v) is 5.64. The predicted octanol–water partition coefficient (Wildman–Crippen LogP) is 2.74. The number of fused-ring (bicyclic) bond motifs is 1. The Hall–Kier alpha value is -2.09. The highest BCUT2D eigenvalue weighted by Crippen LogP contribution is 2.33. The van der Waals surface area contributed by atoms with Gasteiger partial charge in [-0.1, -0.05) is 13.8 Å². The van der Waals surface area contributed by atoms with Crippen LogP contribution in [0, 0.1) is 11.3 Å².